The number of carbonyl (C=O) groups excluding carboxylic acids is 1. The van der Waals surface area contributed by atoms with Gasteiger partial charge in [-0.2, -0.15) is 0 Å². The van der Waals surface area contributed by atoms with Crippen LogP contribution in [-0.2, 0) is 14.3 Å². The first-order valence-corrected chi connectivity index (χ1v) is 7.31. The summed E-state index contributed by atoms with van der Waals surface area (Å²) in [5, 5.41) is 2.88. The summed E-state index contributed by atoms with van der Waals surface area (Å²) < 4.78 is 11.4. The van der Waals surface area contributed by atoms with Crippen LogP contribution in [0.3, 0.4) is 0 Å². The fourth-order valence-corrected chi connectivity index (χ4v) is 2.81. The molecule has 114 valence electrons. The van der Waals surface area contributed by atoms with Crippen LogP contribution in [0.2, 0.25) is 0 Å². The summed E-state index contributed by atoms with van der Waals surface area (Å²) in [6.45, 7) is 3.38. The first-order chi connectivity index (χ1) is 10.2. The monoisotopic (exact) mass is 291 g/mol. The Labute approximate surface area is 124 Å². The molecule has 2 aliphatic rings. The van der Waals surface area contributed by atoms with Crippen LogP contribution in [0.5, 0.6) is 0 Å². The first-order valence-electron chi connectivity index (χ1n) is 7.31. The summed E-state index contributed by atoms with van der Waals surface area (Å²) in [6, 6.07) is 7.15. The molecule has 0 atom stereocenters. The van der Waals surface area contributed by atoms with Crippen LogP contribution in [0.4, 0.5) is 11.4 Å². The van der Waals surface area contributed by atoms with Crippen LogP contribution in [0, 0.1) is 0 Å². The normalized spacial score (nSPS) is 21.5. The molecule has 0 radical (unpaired) electrons. The van der Waals surface area contributed by atoms with Gasteiger partial charge in [0.15, 0.2) is 5.79 Å². The van der Waals surface area contributed by atoms with Crippen molar-refractivity contribution in [2.75, 3.05) is 43.9 Å². The summed E-state index contributed by atoms with van der Waals surface area (Å²) in [7, 11) is 0. The second-order valence-electron chi connectivity index (χ2n) is 5.55. The second kappa shape index (κ2) is 6.01. The van der Waals surface area contributed by atoms with Crippen LogP contribution in [-0.4, -0.2) is 49.4 Å². The lowest BCUT2D eigenvalue weighted by molar-refractivity contribution is -0.185. The lowest BCUT2D eigenvalue weighted by Crippen LogP contribution is -2.47. The fourth-order valence-electron chi connectivity index (χ4n) is 2.81. The van der Waals surface area contributed by atoms with Gasteiger partial charge >= 0.3 is 0 Å². The van der Waals surface area contributed by atoms with Crippen molar-refractivity contribution in [2.45, 2.75) is 18.6 Å². The lowest BCUT2D eigenvalue weighted by atomic mass is 10.0. The van der Waals surface area contributed by atoms with Crippen molar-refractivity contribution in [3.05, 3.63) is 24.3 Å². The van der Waals surface area contributed by atoms with Crippen molar-refractivity contribution < 1.29 is 14.3 Å². The van der Waals surface area contributed by atoms with E-state index in [1.807, 2.05) is 0 Å². The maximum absolute atomic E-state index is 12.0. The summed E-state index contributed by atoms with van der Waals surface area (Å²) in [5.41, 5.74) is 7.07. The van der Waals surface area contributed by atoms with Gasteiger partial charge in [0.1, 0.15) is 0 Å². The number of nitrogen functional groups attached to an aromatic ring is 1. The highest BCUT2D eigenvalue weighted by Gasteiger charge is 2.39. The number of hydrogen-bond donors (Lipinski definition) is 2. The fraction of sp³-hybridized carbons (Fsp3) is 0.533. The second-order valence-corrected chi connectivity index (χ2v) is 5.55. The van der Waals surface area contributed by atoms with Gasteiger partial charge in [-0.1, -0.05) is 0 Å². The van der Waals surface area contributed by atoms with Gasteiger partial charge in [0.05, 0.1) is 19.8 Å². The Morgan fingerprint density at radius 1 is 1.19 bits per heavy atom. The van der Waals surface area contributed by atoms with Crippen molar-refractivity contribution in [3.63, 3.8) is 0 Å². The molecule has 21 heavy (non-hydrogen) atoms. The molecule has 3 rings (SSSR count). The molecule has 1 aromatic carbocycles. The van der Waals surface area contributed by atoms with Crippen LogP contribution < -0.4 is 11.1 Å². The van der Waals surface area contributed by atoms with Crippen LogP contribution in [0.1, 0.15) is 12.8 Å². The van der Waals surface area contributed by atoms with Gasteiger partial charge in [-0.25, -0.2) is 0 Å². The number of hydrogen-bond acceptors (Lipinski definition) is 5. The van der Waals surface area contributed by atoms with E-state index in [1.165, 1.54) is 0 Å². The number of anilines is 2. The quantitative estimate of drug-likeness (QED) is 0.814. The van der Waals surface area contributed by atoms with Gasteiger partial charge in [-0.15, -0.1) is 0 Å². The predicted octanol–water partition coefficient (Wildman–Crippen LogP) is 1.05. The Morgan fingerprint density at radius 2 is 1.81 bits per heavy atom. The van der Waals surface area contributed by atoms with Gasteiger partial charge in [0, 0.05) is 37.3 Å². The van der Waals surface area contributed by atoms with E-state index in [2.05, 4.69) is 10.2 Å². The maximum atomic E-state index is 12.0. The molecule has 6 heteroatoms. The number of ether oxygens (including phenoxy) is 2. The summed E-state index contributed by atoms with van der Waals surface area (Å²) in [5.74, 6) is -0.395. The third-order valence-corrected chi connectivity index (χ3v) is 3.99. The van der Waals surface area contributed by atoms with Crippen LogP contribution in [0.25, 0.3) is 0 Å². The molecule has 1 aromatic rings. The molecule has 2 fully saturated rings. The van der Waals surface area contributed by atoms with E-state index >= 15 is 0 Å². The Balaban J connectivity index is 1.46. The minimum atomic E-state index is -0.385. The standard InChI is InChI=1S/C15H21N3O3/c16-12-1-3-13(4-2-12)17-14(19)11-18-7-5-15(6-8-18)20-9-10-21-15/h1-4H,5-11,16H2,(H,17,19). The van der Waals surface area contributed by atoms with E-state index < -0.39 is 0 Å². The zero-order valence-electron chi connectivity index (χ0n) is 12.0. The zero-order valence-corrected chi connectivity index (χ0v) is 12.0. The summed E-state index contributed by atoms with van der Waals surface area (Å²) >= 11 is 0. The molecular weight excluding hydrogens is 270 g/mol. The Morgan fingerprint density at radius 3 is 2.43 bits per heavy atom. The molecular formula is C15H21N3O3. The minimum absolute atomic E-state index is 0.0102. The molecule has 2 heterocycles. The number of rotatable bonds is 3. The number of benzene rings is 1. The van der Waals surface area contributed by atoms with E-state index in [-0.39, 0.29) is 11.7 Å². The van der Waals surface area contributed by atoms with E-state index in [0.717, 1.165) is 31.6 Å². The average molecular weight is 291 g/mol. The highest BCUT2D eigenvalue weighted by atomic mass is 16.7. The zero-order chi connectivity index (χ0) is 14.7. The highest BCUT2D eigenvalue weighted by Crippen LogP contribution is 2.31. The molecule has 6 nitrogen and oxygen atoms in total. The van der Waals surface area contributed by atoms with Crippen molar-refractivity contribution >= 4 is 17.3 Å². The lowest BCUT2D eigenvalue weighted by Gasteiger charge is -2.37. The Kier molecular flexibility index (Phi) is 4.10. The number of nitrogens with zero attached hydrogens (tertiary/aromatic N) is 1. The molecule has 1 spiro atoms. The van der Waals surface area contributed by atoms with E-state index in [0.29, 0.717) is 25.4 Å². The molecule has 0 unspecified atom stereocenters. The predicted molar refractivity (Wildman–Crippen MR) is 79.8 cm³/mol. The van der Waals surface area contributed by atoms with E-state index in [9.17, 15) is 4.79 Å². The molecule has 0 aromatic heterocycles. The van der Waals surface area contributed by atoms with Crippen molar-refractivity contribution in [3.8, 4) is 0 Å². The van der Waals surface area contributed by atoms with Gasteiger partial charge in [0.2, 0.25) is 5.91 Å². The number of likely N-dealkylation sites (tertiary alicyclic amines) is 1. The van der Waals surface area contributed by atoms with Crippen LogP contribution in [0.15, 0.2) is 24.3 Å². The molecule has 2 saturated heterocycles. The largest absolute Gasteiger partial charge is 0.399 e. The average Bonchev–Trinajstić information content (AvgIpc) is 2.93. The van der Waals surface area contributed by atoms with Gasteiger partial charge in [-0.3, -0.25) is 9.69 Å². The molecule has 3 N–H and O–H groups in total. The number of piperidine rings is 1. The van der Waals surface area contributed by atoms with E-state index in [4.69, 9.17) is 15.2 Å². The van der Waals surface area contributed by atoms with Gasteiger partial charge in [0.25, 0.3) is 0 Å². The van der Waals surface area contributed by atoms with E-state index in [1.54, 1.807) is 24.3 Å². The number of amides is 1. The number of nitrogens with two attached hydrogens (primary N) is 1. The third-order valence-electron chi connectivity index (χ3n) is 3.99. The third kappa shape index (κ3) is 3.53. The molecule has 0 aliphatic carbocycles. The van der Waals surface area contributed by atoms with Crippen molar-refractivity contribution in [1.82, 2.24) is 4.90 Å². The SMILES string of the molecule is Nc1ccc(NC(=O)CN2CCC3(CC2)OCCO3)cc1. The number of carbonyl (C=O) groups is 1. The smallest absolute Gasteiger partial charge is 0.238 e. The topological polar surface area (TPSA) is 76.8 Å². The Bertz CT molecular complexity index is 487. The van der Waals surface area contributed by atoms with Gasteiger partial charge in [-0.05, 0) is 24.3 Å². The number of nitrogens with one attached hydrogen (secondary N) is 1. The highest BCUT2D eigenvalue weighted by molar-refractivity contribution is 5.92. The summed E-state index contributed by atoms with van der Waals surface area (Å²) in [4.78, 5) is 14.2. The Hall–Kier alpha value is -1.63. The minimum Gasteiger partial charge on any atom is -0.399 e. The maximum Gasteiger partial charge on any atom is 0.238 e. The van der Waals surface area contributed by atoms with Crippen molar-refractivity contribution in [2.24, 2.45) is 0 Å². The molecule has 0 bridgehead atoms. The molecule has 0 saturated carbocycles. The molecule has 1 amide bonds. The molecule has 2 aliphatic heterocycles. The van der Waals surface area contributed by atoms with Crippen molar-refractivity contribution in [1.29, 1.82) is 0 Å². The first kappa shape index (κ1) is 14.3. The van der Waals surface area contributed by atoms with Gasteiger partial charge < -0.3 is 20.5 Å². The van der Waals surface area contributed by atoms with Crippen LogP contribution >= 0.6 is 0 Å². The summed E-state index contributed by atoms with van der Waals surface area (Å²) in [6.07, 6.45) is 1.64.